The zero-order chi connectivity index (χ0) is 18.9. The summed E-state index contributed by atoms with van der Waals surface area (Å²) in [6, 6.07) is 19.1. The van der Waals surface area contributed by atoms with Gasteiger partial charge in [0.2, 0.25) is 0 Å². The number of nitrogens with one attached hydrogen (secondary N) is 2. The summed E-state index contributed by atoms with van der Waals surface area (Å²) in [5.74, 6) is 1.73. The van der Waals surface area contributed by atoms with E-state index in [1.54, 1.807) is 7.11 Å². The van der Waals surface area contributed by atoms with Crippen molar-refractivity contribution in [2.24, 2.45) is 4.99 Å². The van der Waals surface area contributed by atoms with E-state index in [2.05, 4.69) is 63.0 Å². The van der Waals surface area contributed by atoms with Gasteiger partial charge in [0.15, 0.2) is 5.96 Å². The van der Waals surface area contributed by atoms with E-state index in [0.717, 1.165) is 37.9 Å². The molecule has 152 valence electrons. The fraction of sp³-hybridized carbons (Fsp3) is 0.409. The second-order valence-electron chi connectivity index (χ2n) is 6.83. The molecule has 0 aromatic heterocycles. The lowest BCUT2D eigenvalue weighted by Gasteiger charge is -2.29. The summed E-state index contributed by atoms with van der Waals surface area (Å²) in [6.07, 6.45) is 2.53. The van der Waals surface area contributed by atoms with Gasteiger partial charge in [-0.1, -0.05) is 42.5 Å². The summed E-state index contributed by atoms with van der Waals surface area (Å²) in [6.45, 7) is 3.84. The van der Waals surface area contributed by atoms with E-state index in [0.29, 0.717) is 6.04 Å². The monoisotopic (exact) mass is 494 g/mol. The predicted octanol–water partition coefficient (Wildman–Crippen LogP) is 3.82. The van der Waals surface area contributed by atoms with Gasteiger partial charge in [0.1, 0.15) is 5.75 Å². The van der Waals surface area contributed by atoms with Crippen molar-refractivity contribution in [3.63, 3.8) is 0 Å². The van der Waals surface area contributed by atoms with Crippen molar-refractivity contribution in [2.45, 2.75) is 25.4 Å². The zero-order valence-corrected chi connectivity index (χ0v) is 19.1. The Balaban J connectivity index is 0.00000280. The van der Waals surface area contributed by atoms with Gasteiger partial charge in [0.25, 0.3) is 0 Å². The van der Waals surface area contributed by atoms with Crippen molar-refractivity contribution in [1.82, 2.24) is 15.5 Å². The molecule has 2 N–H and O–H groups in total. The van der Waals surface area contributed by atoms with Gasteiger partial charge in [-0.2, -0.15) is 0 Å². The van der Waals surface area contributed by atoms with Gasteiger partial charge in [-0.15, -0.1) is 24.0 Å². The lowest BCUT2D eigenvalue weighted by atomic mass is 10.1. The van der Waals surface area contributed by atoms with Crippen LogP contribution in [0.1, 0.15) is 30.0 Å². The molecule has 0 amide bonds. The molecule has 2 aromatic rings. The van der Waals surface area contributed by atoms with Crippen molar-refractivity contribution in [1.29, 1.82) is 0 Å². The first-order valence-electron chi connectivity index (χ1n) is 9.66. The topological polar surface area (TPSA) is 48.9 Å². The van der Waals surface area contributed by atoms with E-state index in [9.17, 15) is 0 Å². The Morgan fingerprint density at radius 3 is 2.50 bits per heavy atom. The molecule has 0 aliphatic carbocycles. The van der Waals surface area contributed by atoms with Crippen LogP contribution in [-0.2, 0) is 6.54 Å². The Labute approximate surface area is 185 Å². The number of guanidine groups is 1. The number of likely N-dealkylation sites (tertiary alicyclic amines) is 1. The van der Waals surface area contributed by atoms with Gasteiger partial charge >= 0.3 is 0 Å². The third-order valence-corrected chi connectivity index (χ3v) is 5.05. The zero-order valence-electron chi connectivity index (χ0n) is 16.7. The van der Waals surface area contributed by atoms with Gasteiger partial charge in [-0.25, -0.2) is 0 Å². The molecule has 1 heterocycles. The summed E-state index contributed by atoms with van der Waals surface area (Å²) in [4.78, 5) is 6.93. The molecule has 5 nitrogen and oxygen atoms in total. The smallest absolute Gasteiger partial charge is 0.191 e. The van der Waals surface area contributed by atoms with E-state index in [4.69, 9.17) is 4.74 Å². The van der Waals surface area contributed by atoms with Crippen LogP contribution in [-0.4, -0.2) is 44.7 Å². The summed E-state index contributed by atoms with van der Waals surface area (Å²) in [7, 11) is 3.54. The van der Waals surface area contributed by atoms with Crippen molar-refractivity contribution in [2.75, 3.05) is 33.8 Å². The van der Waals surface area contributed by atoms with Crippen LogP contribution in [0, 0.1) is 0 Å². The fourth-order valence-electron chi connectivity index (χ4n) is 3.56. The maximum Gasteiger partial charge on any atom is 0.191 e. The second kappa shape index (κ2) is 11.9. The molecule has 0 spiro atoms. The highest BCUT2D eigenvalue weighted by atomic mass is 127. The van der Waals surface area contributed by atoms with E-state index in [-0.39, 0.29) is 24.0 Å². The number of rotatable bonds is 7. The number of halogens is 1. The van der Waals surface area contributed by atoms with Gasteiger partial charge in [0.05, 0.1) is 13.2 Å². The molecule has 1 unspecified atom stereocenters. The second-order valence-corrected chi connectivity index (χ2v) is 6.83. The first-order valence-corrected chi connectivity index (χ1v) is 9.66. The molecular weight excluding hydrogens is 463 g/mol. The molecule has 1 aliphatic rings. The van der Waals surface area contributed by atoms with Crippen LogP contribution in [0.5, 0.6) is 5.75 Å². The maximum absolute atomic E-state index is 5.43. The van der Waals surface area contributed by atoms with Crippen molar-refractivity contribution in [3.8, 4) is 5.75 Å². The summed E-state index contributed by atoms with van der Waals surface area (Å²) < 4.78 is 5.43. The van der Waals surface area contributed by atoms with Gasteiger partial charge in [-0.05, 0) is 49.2 Å². The first kappa shape index (κ1) is 22.5. The molecule has 0 bridgehead atoms. The average molecular weight is 494 g/mol. The SMILES string of the molecule is CN=C(NCc1ccccc1)NCC(c1cccc(OC)c1)N1CCCC1.I. The number of hydrogen-bond donors (Lipinski definition) is 2. The third kappa shape index (κ3) is 6.38. The van der Waals surface area contributed by atoms with E-state index in [1.165, 1.54) is 24.0 Å². The van der Waals surface area contributed by atoms with Crippen molar-refractivity contribution < 1.29 is 4.74 Å². The maximum atomic E-state index is 5.43. The lowest BCUT2D eigenvalue weighted by molar-refractivity contribution is 0.245. The minimum atomic E-state index is 0. The van der Waals surface area contributed by atoms with Gasteiger partial charge < -0.3 is 15.4 Å². The van der Waals surface area contributed by atoms with Crippen LogP contribution in [0.25, 0.3) is 0 Å². The van der Waals surface area contributed by atoms with E-state index >= 15 is 0 Å². The molecule has 6 heteroatoms. The van der Waals surface area contributed by atoms with Gasteiger partial charge in [-0.3, -0.25) is 9.89 Å². The van der Waals surface area contributed by atoms with Crippen molar-refractivity contribution >= 4 is 29.9 Å². The minimum absolute atomic E-state index is 0. The Bertz CT molecular complexity index is 732. The minimum Gasteiger partial charge on any atom is -0.497 e. The molecule has 1 aliphatic heterocycles. The largest absolute Gasteiger partial charge is 0.497 e. The molecule has 0 radical (unpaired) electrons. The highest BCUT2D eigenvalue weighted by Gasteiger charge is 2.24. The summed E-state index contributed by atoms with van der Waals surface area (Å²) in [5.41, 5.74) is 2.52. The summed E-state index contributed by atoms with van der Waals surface area (Å²) >= 11 is 0. The number of methoxy groups -OCH3 is 1. The summed E-state index contributed by atoms with van der Waals surface area (Å²) in [5, 5.41) is 6.91. The molecule has 3 rings (SSSR count). The van der Waals surface area contributed by atoms with Crippen LogP contribution in [0.4, 0.5) is 0 Å². The number of aliphatic imine (C=N–C) groups is 1. The lowest BCUT2D eigenvalue weighted by Crippen LogP contribution is -2.42. The van der Waals surface area contributed by atoms with Crippen LogP contribution in [0.2, 0.25) is 0 Å². The molecular formula is C22H31IN4O. The molecule has 0 saturated carbocycles. The van der Waals surface area contributed by atoms with Crippen LogP contribution >= 0.6 is 24.0 Å². The van der Waals surface area contributed by atoms with Crippen LogP contribution in [0.3, 0.4) is 0 Å². The number of benzene rings is 2. The number of nitrogens with zero attached hydrogens (tertiary/aromatic N) is 2. The fourth-order valence-corrected chi connectivity index (χ4v) is 3.56. The Morgan fingerprint density at radius 1 is 1.07 bits per heavy atom. The standard InChI is InChI=1S/C22H30N4O.HI/c1-23-22(24-16-18-9-4-3-5-10-18)25-17-21(26-13-6-7-14-26)19-11-8-12-20(15-19)27-2;/h3-5,8-12,15,21H,6-7,13-14,16-17H2,1-2H3,(H2,23,24,25);1H. The molecule has 1 atom stereocenters. The van der Waals surface area contributed by atoms with Crippen LogP contribution < -0.4 is 15.4 Å². The molecule has 1 saturated heterocycles. The highest BCUT2D eigenvalue weighted by Crippen LogP contribution is 2.27. The number of hydrogen-bond acceptors (Lipinski definition) is 3. The molecule has 1 fully saturated rings. The Kier molecular flexibility index (Phi) is 9.57. The van der Waals surface area contributed by atoms with E-state index < -0.39 is 0 Å². The molecule has 28 heavy (non-hydrogen) atoms. The molecule has 2 aromatic carbocycles. The highest BCUT2D eigenvalue weighted by molar-refractivity contribution is 14.0. The Morgan fingerprint density at radius 2 is 1.82 bits per heavy atom. The predicted molar refractivity (Wildman–Crippen MR) is 127 cm³/mol. The average Bonchev–Trinajstić information content (AvgIpc) is 3.26. The van der Waals surface area contributed by atoms with Crippen LogP contribution in [0.15, 0.2) is 59.6 Å². The normalized spacial score (nSPS) is 15.6. The van der Waals surface area contributed by atoms with Crippen molar-refractivity contribution in [3.05, 3.63) is 65.7 Å². The van der Waals surface area contributed by atoms with Gasteiger partial charge in [0, 0.05) is 20.1 Å². The number of ether oxygens (including phenoxy) is 1. The quantitative estimate of drug-likeness (QED) is 0.349. The van der Waals surface area contributed by atoms with E-state index in [1.807, 2.05) is 19.2 Å². The Hall–Kier alpha value is -1.80. The first-order chi connectivity index (χ1) is 13.3. The third-order valence-electron chi connectivity index (χ3n) is 5.05.